The van der Waals surface area contributed by atoms with Crippen LogP contribution in [-0.2, 0) is 4.79 Å². The van der Waals surface area contributed by atoms with Crippen molar-refractivity contribution < 1.29 is 18.7 Å². The molecule has 0 unspecified atom stereocenters. The Hall–Kier alpha value is -4.69. The van der Waals surface area contributed by atoms with E-state index >= 15 is 0 Å². The number of nitriles is 1. The van der Waals surface area contributed by atoms with Crippen molar-refractivity contribution in [2.45, 2.75) is 12.3 Å². The van der Waals surface area contributed by atoms with Gasteiger partial charge in [0.2, 0.25) is 0 Å². The van der Waals surface area contributed by atoms with Crippen LogP contribution in [0.2, 0.25) is 0 Å². The van der Waals surface area contributed by atoms with Gasteiger partial charge in [-0.25, -0.2) is 4.39 Å². The van der Waals surface area contributed by atoms with Crippen LogP contribution >= 0.6 is 0 Å². The lowest BCUT2D eigenvalue weighted by Gasteiger charge is -2.18. The highest BCUT2D eigenvalue weighted by Gasteiger charge is 2.20. The molecule has 0 amide bonds. The molecule has 0 bridgehead atoms. The number of halogens is 1. The number of ether oxygens (including phenoxy) is 2. The molecule has 4 aromatic carbocycles. The van der Waals surface area contributed by atoms with E-state index in [9.17, 15) is 14.4 Å². The molecule has 4 aromatic rings. The summed E-state index contributed by atoms with van der Waals surface area (Å²) in [5.74, 6) is -0.442. The molecule has 36 heavy (non-hydrogen) atoms. The molecule has 0 aliphatic rings. The molecule has 0 aliphatic carbocycles. The van der Waals surface area contributed by atoms with Gasteiger partial charge in [-0.15, -0.1) is 0 Å². The molecular weight excluding hydrogens is 453 g/mol. The van der Waals surface area contributed by atoms with E-state index in [4.69, 9.17) is 9.47 Å². The SMILES string of the molecule is COc1cc(/C=C(/C#N)c2ccccc2F)ccc1OC(=O)CC(c1ccccc1)c1ccccc1. The summed E-state index contributed by atoms with van der Waals surface area (Å²) in [6.07, 6.45) is 1.71. The number of rotatable bonds is 8. The number of allylic oxidation sites excluding steroid dienone is 1. The average Bonchev–Trinajstić information content (AvgIpc) is 2.92. The molecule has 5 heteroatoms. The number of carbonyl (C=O) groups excluding carboxylic acids is 1. The number of carbonyl (C=O) groups is 1. The topological polar surface area (TPSA) is 59.3 Å². The van der Waals surface area contributed by atoms with E-state index in [2.05, 4.69) is 0 Å². The third-order valence-corrected chi connectivity index (χ3v) is 5.78. The van der Waals surface area contributed by atoms with Crippen molar-refractivity contribution in [3.8, 4) is 17.6 Å². The summed E-state index contributed by atoms with van der Waals surface area (Å²) in [5, 5.41) is 9.55. The zero-order valence-electron chi connectivity index (χ0n) is 19.7. The Kier molecular flexibility index (Phi) is 7.90. The van der Waals surface area contributed by atoms with Gasteiger partial charge in [0.05, 0.1) is 25.2 Å². The molecule has 0 aliphatic heterocycles. The molecule has 0 spiro atoms. The standard InChI is InChI=1S/C31H24FNO3/c1-35-30-19-22(18-25(21-33)26-14-8-9-15-28(26)32)16-17-29(30)36-31(34)20-27(23-10-4-2-5-11-23)24-12-6-3-7-13-24/h2-19,27H,20H2,1H3/b25-18-. The van der Waals surface area contributed by atoms with E-state index < -0.39 is 11.8 Å². The smallest absolute Gasteiger partial charge is 0.312 e. The first kappa shape index (κ1) is 24.4. The monoisotopic (exact) mass is 477 g/mol. The molecule has 0 saturated carbocycles. The maximum Gasteiger partial charge on any atom is 0.312 e. The fourth-order valence-electron chi connectivity index (χ4n) is 4.00. The first-order chi connectivity index (χ1) is 17.6. The third kappa shape index (κ3) is 5.86. The van der Waals surface area contributed by atoms with E-state index in [1.54, 1.807) is 42.5 Å². The highest BCUT2D eigenvalue weighted by atomic mass is 19.1. The number of methoxy groups -OCH3 is 1. The average molecular weight is 478 g/mol. The van der Waals surface area contributed by atoms with Gasteiger partial charge in [-0.1, -0.05) is 84.9 Å². The summed E-state index contributed by atoms with van der Waals surface area (Å²) >= 11 is 0. The molecule has 0 fully saturated rings. The predicted molar refractivity (Wildman–Crippen MR) is 138 cm³/mol. The quantitative estimate of drug-likeness (QED) is 0.118. The molecular formula is C31H24FNO3. The maximum atomic E-state index is 14.2. The Morgan fingerprint density at radius 3 is 2.08 bits per heavy atom. The van der Waals surface area contributed by atoms with E-state index in [1.165, 1.54) is 13.2 Å². The van der Waals surface area contributed by atoms with Gasteiger partial charge in [-0.05, 0) is 41.0 Å². The second-order valence-corrected chi connectivity index (χ2v) is 8.11. The van der Waals surface area contributed by atoms with Crippen molar-refractivity contribution >= 4 is 17.6 Å². The Morgan fingerprint density at radius 1 is 0.889 bits per heavy atom. The highest BCUT2D eigenvalue weighted by molar-refractivity contribution is 5.90. The number of hydrogen-bond acceptors (Lipinski definition) is 4. The zero-order chi connectivity index (χ0) is 25.3. The summed E-state index contributed by atoms with van der Waals surface area (Å²) in [7, 11) is 1.47. The molecule has 0 saturated heterocycles. The minimum atomic E-state index is -0.478. The molecule has 0 heterocycles. The lowest BCUT2D eigenvalue weighted by Crippen LogP contribution is -2.14. The Morgan fingerprint density at radius 2 is 1.50 bits per heavy atom. The predicted octanol–water partition coefficient (Wildman–Crippen LogP) is 7.03. The van der Waals surface area contributed by atoms with Crippen molar-refractivity contribution in [2.24, 2.45) is 0 Å². The molecule has 178 valence electrons. The van der Waals surface area contributed by atoms with Crippen LogP contribution in [0.4, 0.5) is 4.39 Å². The highest BCUT2D eigenvalue weighted by Crippen LogP contribution is 2.33. The van der Waals surface area contributed by atoms with Gasteiger partial charge in [0.25, 0.3) is 0 Å². The molecule has 4 rings (SSSR count). The lowest BCUT2D eigenvalue weighted by molar-refractivity contribution is -0.134. The Bertz CT molecular complexity index is 1370. The molecule has 0 N–H and O–H groups in total. The second-order valence-electron chi connectivity index (χ2n) is 8.11. The van der Waals surface area contributed by atoms with Gasteiger partial charge in [-0.3, -0.25) is 4.79 Å². The van der Waals surface area contributed by atoms with Gasteiger partial charge >= 0.3 is 5.97 Å². The van der Waals surface area contributed by atoms with Crippen LogP contribution in [0.3, 0.4) is 0 Å². The first-order valence-electron chi connectivity index (χ1n) is 11.4. The summed E-state index contributed by atoms with van der Waals surface area (Å²) in [4.78, 5) is 13.0. The van der Waals surface area contributed by atoms with Crippen LogP contribution in [0.25, 0.3) is 11.6 Å². The zero-order valence-corrected chi connectivity index (χ0v) is 19.7. The van der Waals surface area contributed by atoms with Gasteiger partial charge in [-0.2, -0.15) is 5.26 Å². The van der Waals surface area contributed by atoms with E-state index in [-0.39, 0.29) is 29.2 Å². The minimum Gasteiger partial charge on any atom is -0.493 e. The molecule has 0 radical (unpaired) electrons. The number of hydrogen-bond donors (Lipinski definition) is 0. The maximum absolute atomic E-state index is 14.2. The van der Waals surface area contributed by atoms with Crippen molar-refractivity contribution in [2.75, 3.05) is 7.11 Å². The number of benzene rings is 4. The Balaban J connectivity index is 1.56. The van der Waals surface area contributed by atoms with Gasteiger partial charge in [0.15, 0.2) is 11.5 Å². The van der Waals surface area contributed by atoms with E-state index in [0.717, 1.165) is 11.1 Å². The van der Waals surface area contributed by atoms with E-state index in [1.807, 2.05) is 66.7 Å². The largest absolute Gasteiger partial charge is 0.493 e. The van der Waals surface area contributed by atoms with Crippen molar-refractivity contribution in [1.82, 2.24) is 0 Å². The minimum absolute atomic E-state index is 0.144. The fraction of sp³-hybridized carbons (Fsp3) is 0.0968. The van der Waals surface area contributed by atoms with Crippen LogP contribution < -0.4 is 9.47 Å². The van der Waals surface area contributed by atoms with E-state index in [0.29, 0.717) is 11.3 Å². The van der Waals surface area contributed by atoms with Crippen molar-refractivity contribution in [3.63, 3.8) is 0 Å². The third-order valence-electron chi connectivity index (χ3n) is 5.78. The summed E-state index contributed by atoms with van der Waals surface area (Å²) in [5.41, 5.74) is 3.03. The fourth-order valence-corrected chi connectivity index (χ4v) is 4.00. The van der Waals surface area contributed by atoms with Crippen molar-refractivity contribution in [1.29, 1.82) is 5.26 Å². The van der Waals surface area contributed by atoms with Crippen LogP contribution in [0, 0.1) is 17.1 Å². The van der Waals surface area contributed by atoms with Crippen LogP contribution in [0.1, 0.15) is 34.6 Å². The molecule has 0 atom stereocenters. The second kappa shape index (κ2) is 11.6. The first-order valence-corrected chi connectivity index (χ1v) is 11.4. The van der Waals surface area contributed by atoms with Crippen molar-refractivity contribution in [3.05, 3.63) is 131 Å². The molecule has 0 aromatic heterocycles. The lowest BCUT2D eigenvalue weighted by atomic mass is 9.88. The normalized spacial score (nSPS) is 11.1. The van der Waals surface area contributed by atoms with Crippen LogP contribution in [0.15, 0.2) is 103 Å². The van der Waals surface area contributed by atoms with Crippen LogP contribution in [-0.4, -0.2) is 13.1 Å². The number of nitrogens with zero attached hydrogens (tertiary/aromatic N) is 1. The van der Waals surface area contributed by atoms with Crippen LogP contribution in [0.5, 0.6) is 11.5 Å². The summed E-state index contributed by atoms with van der Waals surface area (Å²) in [6.45, 7) is 0. The van der Waals surface area contributed by atoms with Gasteiger partial charge in [0.1, 0.15) is 5.82 Å². The summed E-state index contributed by atoms with van der Waals surface area (Å²) < 4.78 is 25.3. The van der Waals surface area contributed by atoms with Gasteiger partial charge in [0, 0.05) is 11.5 Å². The van der Waals surface area contributed by atoms with Gasteiger partial charge < -0.3 is 9.47 Å². The summed E-state index contributed by atoms with van der Waals surface area (Å²) in [6, 6.07) is 32.7. The molecule has 4 nitrogen and oxygen atoms in total. The number of esters is 1. The Labute approximate surface area is 209 Å².